The maximum Gasteiger partial charge on any atom is 0.458 e. The zero-order valence-electron chi connectivity index (χ0n) is 35.4. The van der Waals surface area contributed by atoms with Crippen LogP contribution in [0.5, 0.6) is 0 Å². The summed E-state index contributed by atoms with van der Waals surface area (Å²) in [5.74, 6) is -29.3. The number of hydrogen-bond acceptors (Lipinski definition) is 6. The van der Waals surface area contributed by atoms with Crippen molar-refractivity contribution in [3.63, 3.8) is 0 Å². The van der Waals surface area contributed by atoms with Gasteiger partial charge in [-0.2, -0.15) is 96.6 Å². The zero-order chi connectivity index (χ0) is 52.9. The Morgan fingerprint density at radius 1 is 0.530 bits per heavy atom. The number of halogens is 24. The van der Waals surface area contributed by atoms with Crippen molar-refractivity contribution < 1.29 is 133 Å². The van der Waals surface area contributed by atoms with E-state index in [1.807, 2.05) is 13.1 Å². The van der Waals surface area contributed by atoms with Crippen LogP contribution in [0.15, 0.2) is 23.7 Å². The van der Waals surface area contributed by atoms with E-state index in [-0.39, 0.29) is 24.1 Å². The van der Waals surface area contributed by atoms with Gasteiger partial charge in [0, 0.05) is 19.4 Å². The van der Waals surface area contributed by atoms with Gasteiger partial charge in [0.15, 0.2) is 8.32 Å². The van der Waals surface area contributed by atoms with Crippen LogP contribution < -0.4 is 0 Å². The summed E-state index contributed by atoms with van der Waals surface area (Å²) in [6.45, 7) is 16.2. The summed E-state index contributed by atoms with van der Waals surface area (Å²) < 4.78 is 362. The summed E-state index contributed by atoms with van der Waals surface area (Å²) in [7, 11) is -12.1. The molecule has 1 aliphatic rings. The molecule has 6 nitrogen and oxygen atoms in total. The SMILES string of the molecule is C=C[Si](C)(C)CCCCO[Si](C)(C)CCC(F)(OC(F)(F)C(F)(OC(F)(F)C(F)(F)OC(F)(C(F)(F)F)C(F)(F)OC(F)(CC[Si](C)(C)C(=C)[Si]1(C)CO1)C(F)(F)F)C(F)(F)F)C(F)(F)F. The molecule has 0 amide bonds. The van der Waals surface area contributed by atoms with Crippen LogP contribution in [0, 0.1) is 0 Å². The average molecular weight is 1090 g/mol. The van der Waals surface area contributed by atoms with Crippen LogP contribution in [0.1, 0.15) is 25.7 Å². The van der Waals surface area contributed by atoms with Gasteiger partial charge in [0.25, 0.3) is 0 Å². The van der Waals surface area contributed by atoms with E-state index in [1.165, 1.54) is 6.55 Å². The first kappa shape index (κ1) is 62.4. The molecule has 0 aliphatic carbocycles. The second-order valence-corrected chi connectivity index (χ2v) is 35.5. The highest BCUT2D eigenvalue weighted by Crippen LogP contribution is 2.59. The van der Waals surface area contributed by atoms with E-state index < -0.39 is 130 Å². The van der Waals surface area contributed by atoms with Crippen LogP contribution in [0.2, 0.25) is 64.0 Å². The van der Waals surface area contributed by atoms with Crippen molar-refractivity contribution in [1.29, 1.82) is 0 Å². The van der Waals surface area contributed by atoms with Crippen molar-refractivity contribution in [3.8, 4) is 0 Å². The van der Waals surface area contributed by atoms with Crippen molar-refractivity contribution >= 4 is 32.8 Å². The first-order chi connectivity index (χ1) is 28.6. The Labute approximate surface area is 364 Å². The molecule has 0 saturated carbocycles. The smallest absolute Gasteiger partial charge is 0.417 e. The summed E-state index contributed by atoms with van der Waals surface area (Å²) in [5.41, 5.74) is 1.70. The summed E-state index contributed by atoms with van der Waals surface area (Å²) in [4.78, 5) is 0.0445. The van der Waals surface area contributed by atoms with Gasteiger partial charge in [-0.1, -0.05) is 43.5 Å². The lowest BCUT2D eigenvalue weighted by Gasteiger charge is -2.42. The predicted octanol–water partition coefficient (Wildman–Crippen LogP) is 14.0. The molecule has 1 saturated heterocycles. The van der Waals surface area contributed by atoms with E-state index in [9.17, 15) is 87.8 Å². The Balaban J connectivity index is 3.64. The fraction of sp³-hybridized carbons (Fsp3) is 0.875. The lowest BCUT2D eigenvalue weighted by atomic mass is 10.2. The van der Waals surface area contributed by atoms with Gasteiger partial charge in [-0.15, -0.1) is 18.9 Å². The molecule has 66 heavy (non-hydrogen) atoms. The molecule has 0 bridgehead atoms. The van der Waals surface area contributed by atoms with Crippen molar-refractivity contribution in [2.45, 2.75) is 162 Å². The molecule has 5 atom stereocenters. The topological polar surface area (TPSA) is 58.7 Å². The fourth-order valence-corrected chi connectivity index (χ4v) is 17.5. The quantitative estimate of drug-likeness (QED) is 0.0372. The molecule has 0 aromatic carbocycles. The van der Waals surface area contributed by atoms with E-state index in [0.717, 1.165) is 26.2 Å². The van der Waals surface area contributed by atoms with Gasteiger partial charge >= 0.3 is 72.6 Å². The lowest BCUT2D eigenvalue weighted by Crippen LogP contribution is -2.69. The summed E-state index contributed by atoms with van der Waals surface area (Å²) in [6, 6.07) is -2.11. The number of rotatable bonds is 26. The minimum Gasteiger partial charge on any atom is -0.417 e. The molecular formula is C32H44F24O6Si4. The van der Waals surface area contributed by atoms with Gasteiger partial charge < -0.3 is 8.85 Å². The molecule has 0 aromatic rings. The minimum absolute atomic E-state index is 0.0128. The molecule has 1 fully saturated rings. The van der Waals surface area contributed by atoms with Gasteiger partial charge in [-0.25, -0.2) is 8.78 Å². The van der Waals surface area contributed by atoms with Crippen molar-refractivity contribution in [2.75, 3.05) is 12.8 Å². The van der Waals surface area contributed by atoms with E-state index in [1.54, 1.807) is 15.2 Å². The Morgan fingerprint density at radius 3 is 1.18 bits per heavy atom. The Hall–Kier alpha value is -1.57. The third-order valence-electron chi connectivity index (χ3n) is 10.2. The van der Waals surface area contributed by atoms with Gasteiger partial charge in [-0.05, 0) is 38.2 Å². The van der Waals surface area contributed by atoms with Gasteiger partial charge in [-0.3, -0.25) is 18.9 Å². The number of alkyl halides is 24. The molecule has 0 spiro atoms. The standard InChI is InChI=1S/C32H44F24O6Si4/c1-10-63(3,4)16-12-11-15-57-65(7,8)18-14-22(34,26(40,41)42)60-30(51,52)24(36,28(46,47)48)62-32(55,56)31(53,54)61-23(35,27(43,44)45)29(49,50)59-21(33,25(37,38)39)13-17-64(5,6)20(2)66(9)19-58-66/h10H,1-2,11-19H2,3-9H3. The molecule has 0 radical (unpaired) electrons. The van der Waals surface area contributed by atoms with Gasteiger partial charge in [0.1, 0.15) is 0 Å². The molecule has 0 aromatic heterocycles. The largest absolute Gasteiger partial charge is 0.458 e. The second-order valence-electron chi connectivity index (χ2n) is 17.3. The minimum atomic E-state index is -8.48. The lowest BCUT2D eigenvalue weighted by molar-refractivity contribution is -0.585. The zero-order valence-corrected chi connectivity index (χ0v) is 39.4. The highest BCUT2D eigenvalue weighted by Gasteiger charge is 2.86. The van der Waals surface area contributed by atoms with Crippen molar-refractivity contribution in [3.05, 3.63) is 23.7 Å². The van der Waals surface area contributed by atoms with Gasteiger partial charge in [0.05, 0.1) is 22.4 Å². The normalized spacial score (nSPS) is 21.7. The highest BCUT2D eigenvalue weighted by atomic mass is 28.4. The maximum atomic E-state index is 15.2. The molecule has 1 heterocycles. The Bertz CT molecular complexity index is 1680. The van der Waals surface area contributed by atoms with E-state index in [0.29, 0.717) is 12.5 Å². The van der Waals surface area contributed by atoms with Crippen LogP contribution in [0.4, 0.5) is 105 Å². The van der Waals surface area contributed by atoms with Gasteiger partial charge in [0.2, 0.25) is 8.32 Å². The van der Waals surface area contributed by atoms with Crippen molar-refractivity contribution in [1.82, 2.24) is 0 Å². The molecular weight excluding hydrogens is 1050 g/mol. The van der Waals surface area contributed by atoms with E-state index in [2.05, 4.69) is 22.6 Å². The van der Waals surface area contributed by atoms with E-state index in [4.69, 9.17) is 8.85 Å². The second kappa shape index (κ2) is 19.2. The first-order valence-corrected chi connectivity index (χ1v) is 30.8. The maximum absolute atomic E-state index is 15.2. The van der Waals surface area contributed by atoms with Crippen LogP contribution in [0.3, 0.4) is 0 Å². The number of hydrogen-bond donors (Lipinski definition) is 0. The monoisotopic (exact) mass is 1090 g/mol. The van der Waals surface area contributed by atoms with Crippen LogP contribution in [0.25, 0.3) is 0 Å². The number of ether oxygens (including phenoxy) is 4. The summed E-state index contributed by atoms with van der Waals surface area (Å²) >= 11 is 0. The molecule has 0 N–H and O–H groups in total. The van der Waals surface area contributed by atoms with Crippen LogP contribution >= 0.6 is 0 Å². The van der Waals surface area contributed by atoms with Crippen LogP contribution in [-0.4, -0.2) is 118 Å². The third kappa shape index (κ3) is 14.1. The summed E-state index contributed by atoms with van der Waals surface area (Å²) in [6.07, 6.45) is -68.1. The Morgan fingerprint density at radius 2 is 0.879 bits per heavy atom. The summed E-state index contributed by atoms with van der Waals surface area (Å²) in [5, 5.41) is 0. The fourth-order valence-electron chi connectivity index (χ4n) is 5.37. The van der Waals surface area contributed by atoms with Crippen LogP contribution in [-0.2, 0) is 27.8 Å². The predicted molar refractivity (Wildman–Crippen MR) is 192 cm³/mol. The van der Waals surface area contributed by atoms with Crippen molar-refractivity contribution in [2.24, 2.45) is 0 Å². The number of unbranched alkanes of at least 4 members (excludes halogenated alkanes) is 1. The Kier molecular flexibility index (Phi) is 18.2. The highest BCUT2D eigenvalue weighted by molar-refractivity contribution is 7.06. The third-order valence-corrected chi connectivity index (χ3v) is 24.6. The molecule has 34 heteroatoms. The molecule has 1 aliphatic heterocycles. The first-order valence-electron chi connectivity index (χ1n) is 18.6. The molecule has 5 unspecified atom stereocenters. The molecule has 1 rings (SSSR count). The molecule has 392 valence electrons. The average Bonchev–Trinajstić information content (AvgIpc) is 3.84. The van der Waals surface area contributed by atoms with E-state index >= 15 is 17.6 Å².